The summed E-state index contributed by atoms with van der Waals surface area (Å²) in [5.74, 6) is -0.303. The fraction of sp³-hybridized carbons (Fsp3) is 0.316. The van der Waals surface area contributed by atoms with Gasteiger partial charge in [0.2, 0.25) is 5.91 Å². The lowest BCUT2D eigenvalue weighted by atomic mass is 9.94. The molecule has 1 aliphatic heterocycles. The van der Waals surface area contributed by atoms with E-state index in [4.69, 9.17) is 0 Å². The van der Waals surface area contributed by atoms with E-state index >= 15 is 0 Å². The number of nitrogens with one attached hydrogen (secondary N) is 1. The van der Waals surface area contributed by atoms with Gasteiger partial charge < -0.3 is 5.32 Å². The van der Waals surface area contributed by atoms with Crippen molar-refractivity contribution < 1.29 is 14.4 Å². The van der Waals surface area contributed by atoms with Crippen LogP contribution in [0.5, 0.6) is 0 Å². The molecule has 1 aliphatic carbocycles. The van der Waals surface area contributed by atoms with Crippen molar-refractivity contribution in [2.75, 3.05) is 13.1 Å². The van der Waals surface area contributed by atoms with Crippen LogP contribution in [-0.2, 0) is 9.59 Å². The number of nitrogens with zero attached hydrogens (tertiary/aromatic N) is 1. The predicted molar refractivity (Wildman–Crippen MR) is 98.6 cm³/mol. The third-order valence-electron chi connectivity index (χ3n) is 4.25. The molecule has 0 unspecified atom stereocenters. The molecule has 1 aromatic rings. The average Bonchev–Trinajstić information content (AvgIpc) is 2.90. The Morgan fingerprint density at radius 3 is 2.76 bits per heavy atom. The molecule has 3 rings (SSSR count). The number of rotatable bonds is 5. The van der Waals surface area contributed by atoms with Crippen molar-refractivity contribution in [3.63, 3.8) is 0 Å². The van der Waals surface area contributed by atoms with Crippen molar-refractivity contribution in [1.82, 2.24) is 10.2 Å². The van der Waals surface area contributed by atoms with Crippen LogP contribution in [0.15, 0.2) is 47.4 Å². The van der Waals surface area contributed by atoms with E-state index in [-0.39, 0.29) is 36.1 Å². The van der Waals surface area contributed by atoms with Gasteiger partial charge in [-0.05, 0) is 42.7 Å². The Morgan fingerprint density at radius 2 is 2.04 bits per heavy atom. The van der Waals surface area contributed by atoms with Gasteiger partial charge in [-0.3, -0.25) is 19.3 Å². The molecule has 1 N–H and O–H groups in total. The average molecular weight is 356 g/mol. The zero-order chi connectivity index (χ0) is 17.6. The molecule has 1 aromatic carbocycles. The van der Waals surface area contributed by atoms with Crippen molar-refractivity contribution in [2.24, 2.45) is 5.92 Å². The van der Waals surface area contributed by atoms with E-state index in [1.165, 1.54) is 4.90 Å². The molecule has 1 fully saturated rings. The highest BCUT2D eigenvalue weighted by atomic mass is 32.2. The molecule has 6 heteroatoms. The minimum atomic E-state index is -0.297. The molecule has 130 valence electrons. The Morgan fingerprint density at radius 1 is 1.24 bits per heavy atom. The first-order chi connectivity index (χ1) is 12.1. The number of carbonyl (C=O) groups is 3. The summed E-state index contributed by atoms with van der Waals surface area (Å²) in [6.45, 7) is 0.487. The van der Waals surface area contributed by atoms with Crippen LogP contribution in [-0.4, -0.2) is 35.0 Å². The third kappa shape index (κ3) is 4.39. The number of benzene rings is 1. The highest BCUT2D eigenvalue weighted by Crippen LogP contribution is 2.31. The fourth-order valence-electron chi connectivity index (χ4n) is 2.86. The molecule has 3 amide bonds. The number of hydrogen-bond donors (Lipinski definition) is 1. The van der Waals surface area contributed by atoms with Gasteiger partial charge in [0.15, 0.2) is 0 Å². The number of imide groups is 1. The van der Waals surface area contributed by atoms with Crippen LogP contribution < -0.4 is 5.32 Å². The van der Waals surface area contributed by atoms with Crippen LogP contribution in [0.3, 0.4) is 0 Å². The Labute approximate surface area is 151 Å². The van der Waals surface area contributed by atoms with E-state index in [1.807, 2.05) is 36.4 Å². The van der Waals surface area contributed by atoms with E-state index in [0.717, 1.165) is 36.6 Å². The molecule has 1 heterocycles. The molecule has 0 spiro atoms. The number of hydrogen-bond acceptors (Lipinski definition) is 4. The van der Waals surface area contributed by atoms with Gasteiger partial charge in [-0.1, -0.05) is 42.5 Å². The summed E-state index contributed by atoms with van der Waals surface area (Å²) in [6, 6.07) is 9.42. The zero-order valence-electron chi connectivity index (χ0n) is 13.8. The molecular formula is C19H20N2O3S. The zero-order valence-corrected chi connectivity index (χ0v) is 14.6. The predicted octanol–water partition coefficient (Wildman–Crippen LogP) is 3.20. The molecule has 1 atom stereocenters. The minimum Gasteiger partial charge on any atom is -0.354 e. The quantitative estimate of drug-likeness (QED) is 0.650. The van der Waals surface area contributed by atoms with Gasteiger partial charge in [-0.25, -0.2) is 0 Å². The van der Waals surface area contributed by atoms with E-state index in [2.05, 4.69) is 11.4 Å². The second-order valence-corrected chi connectivity index (χ2v) is 7.01. The first-order valence-corrected chi connectivity index (χ1v) is 9.20. The van der Waals surface area contributed by atoms with Crippen molar-refractivity contribution in [3.8, 4) is 0 Å². The molecule has 5 nitrogen and oxygen atoms in total. The highest BCUT2D eigenvalue weighted by molar-refractivity contribution is 8.18. The molecule has 0 saturated carbocycles. The number of thioether (sulfide) groups is 1. The maximum absolute atomic E-state index is 12.4. The van der Waals surface area contributed by atoms with Gasteiger partial charge in [0, 0.05) is 19.0 Å². The molecule has 0 radical (unpaired) electrons. The van der Waals surface area contributed by atoms with Crippen molar-refractivity contribution >= 4 is 34.9 Å². The van der Waals surface area contributed by atoms with Crippen LogP contribution in [0.1, 0.15) is 24.8 Å². The van der Waals surface area contributed by atoms with Crippen LogP contribution in [0.25, 0.3) is 6.08 Å². The summed E-state index contributed by atoms with van der Waals surface area (Å²) in [6.07, 6.45) is 8.36. The van der Waals surface area contributed by atoms with Gasteiger partial charge in [0.05, 0.1) is 4.91 Å². The number of carbonyl (C=O) groups excluding carboxylic acids is 3. The molecular weight excluding hydrogens is 336 g/mol. The van der Waals surface area contributed by atoms with E-state index < -0.39 is 0 Å². The number of amides is 3. The van der Waals surface area contributed by atoms with E-state index in [0.29, 0.717) is 4.91 Å². The Balaban J connectivity index is 1.53. The topological polar surface area (TPSA) is 66.5 Å². The molecule has 1 saturated heterocycles. The van der Waals surface area contributed by atoms with Crippen LogP contribution in [0.4, 0.5) is 4.79 Å². The second kappa shape index (κ2) is 8.16. The highest BCUT2D eigenvalue weighted by Gasteiger charge is 2.34. The van der Waals surface area contributed by atoms with Gasteiger partial charge in [-0.15, -0.1) is 0 Å². The summed E-state index contributed by atoms with van der Waals surface area (Å²) < 4.78 is 0. The maximum atomic E-state index is 12.4. The van der Waals surface area contributed by atoms with Gasteiger partial charge in [0.25, 0.3) is 11.1 Å². The summed E-state index contributed by atoms with van der Waals surface area (Å²) in [5, 5.41) is 2.55. The standard InChI is InChI=1S/C19H20N2O3S/c22-17(15-9-5-2-6-10-15)20-11-12-21-18(23)16(25-19(21)24)13-14-7-3-1-4-8-14/h1-5,7-8,13,15H,6,9-12H2,(H,20,22)/b16-13-/t15-/m1/s1. The Kier molecular flexibility index (Phi) is 5.71. The lowest BCUT2D eigenvalue weighted by Crippen LogP contribution is -2.39. The van der Waals surface area contributed by atoms with Crippen molar-refractivity contribution in [2.45, 2.75) is 19.3 Å². The van der Waals surface area contributed by atoms with Crippen LogP contribution >= 0.6 is 11.8 Å². The summed E-state index contributed by atoms with van der Waals surface area (Å²) in [4.78, 5) is 38.2. The van der Waals surface area contributed by atoms with Crippen LogP contribution in [0.2, 0.25) is 0 Å². The van der Waals surface area contributed by atoms with Crippen LogP contribution in [0, 0.1) is 5.92 Å². The molecule has 25 heavy (non-hydrogen) atoms. The van der Waals surface area contributed by atoms with Crippen molar-refractivity contribution in [3.05, 3.63) is 53.0 Å². The lowest BCUT2D eigenvalue weighted by molar-refractivity contribution is -0.126. The van der Waals surface area contributed by atoms with E-state index in [9.17, 15) is 14.4 Å². The minimum absolute atomic E-state index is 0.00195. The number of allylic oxidation sites excluding steroid dienone is 2. The molecule has 0 bridgehead atoms. The summed E-state index contributed by atoms with van der Waals surface area (Å²) in [5.41, 5.74) is 0.881. The normalized spacial score (nSPS) is 21.8. The second-order valence-electron chi connectivity index (χ2n) is 6.02. The lowest BCUT2D eigenvalue weighted by Gasteiger charge is -2.18. The first kappa shape index (κ1) is 17.5. The Bertz CT molecular complexity index is 727. The maximum Gasteiger partial charge on any atom is 0.293 e. The van der Waals surface area contributed by atoms with Gasteiger partial charge >= 0.3 is 0 Å². The first-order valence-electron chi connectivity index (χ1n) is 8.38. The van der Waals surface area contributed by atoms with Gasteiger partial charge in [-0.2, -0.15) is 0 Å². The summed E-state index contributed by atoms with van der Waals surface area (Å²) >= 11 is 0.940. The van der Waals surface area contributed by atoms with Gasteiger partial charge in [0.1, 0.15) is 0 Å². The largest absolute Gasteiger partial charge is 0.354 e. The van der Waals surface area contributed by atoms with E-state index in [1.54, 1.807) is 6.08 Å². The van der Waals surface area contributed by atoms with Crippen molar-refractivity contribution in [1.29, 1.82) is 0 Å². The monoisotopic (exact) mass is 356 g/mol. The fourth-order valence-corrected chi connectivity index (χ4v) is 3.73. The smallest absolute Gasteiger partial charge is 0.293 e. The molecule has 2 aliphatic rings. The SMILES string of the molecule is O=C(NCCN1C(=O)S/C(=C\c2ccccc2)C1=O)[C@@H]1CC=CCC1. The summed E-state index contributed by atoms with van der Waals surface area (Å²) in [7, 11) is 0. The molecule has 0 aromatic heterocycles. The Hall–Kier alpha value is -2.34. The third-order valence-corrected chi connectivity index (χ3v) is 5.15.